The molecule has 6 heteroatoms. The molecule has 6 nitrogen and oxygen atoms in total. The molecule has 0 heterocycles. The average molecular weight is 1070 g/mol. The number of hydrogen-bond donors (Lipinski definition) is 0. The lowest BCUT2D eigenvalue weighted by Crippen LogP contribution is -2.30. The van der Waals surface area contributed by atoms with Crippen LogP contribution in [0.1, 0.15) is 374 Å². The van der Waals surface area contributed by atoms with Crippen LogP contribution >= 0.6 is 0 Å². The minimum atomic E-state index is -0.776. The van der Waals surface area contributed by atoms with Gasteiger partial charge in [-0.25, -0.2) is 0 Å². The zero-order chi connectivity index (χ0) is 55.0. The first-order valence-corrected chi connectivity index (χ1v) is 34.0. The van der Waals surface area contributed by atoms with Gasteiger partial charge < -0.3 is 14.2 Å². The van der Waals surface area contributed by atoms with E-state index in [1.54, 1.807) is 0 Å². The molecular weight excluding hydrogens is 937 g/mol. The molecule has 0 N–H and O–H groups in total. The van der Waals surface area contributed by atoms with Gasteiger partial charge in [-0.05, 0) is 77.0 Å². The second-order valence-electron chi connectivity index (χ2n) is 23.1. The number of carbonyl (C=O) groups is 3. The number of rotatable bonds is 63. The largest absolute Gasteiger partial charge is 0.462 e. The zero-order valence-electron chi connectivity index (χ0n) is 51.3. The fraction of sp³-hybridized carbons (Fsp3) is 0.871. The van der Waals surface area contributed by atoms with Gasteiger partial charge in [0, 0.05) is 19.3 Å². The van der Waals surface area contributed by atoms with E-state index in [2.05, 4.69) is 57.2 Å². The van der Waals surface area contributed by atoms with Crippen LogP contribution in [0.4, 0.5) is 0 Å². The third-order valence-corrected chi connectivity index (χ3v) is 15.4. The van der Waals surface area contributed by atoms with Crippen LogP contribution in [0.2, 0.25) is 0 Å². The van der Waals surface area contributed by atoms with E-state index in [1.807, 2.05) is 0 Å². The molecule has 0 bridgehead atoms. The molecule has 0 rings (SSSR count). The number of hydrogen-bond acceptors (Lipinski definition) is 6. The highest BCUT2D eigenvalue weighted by Crippen LogP contribution is 2.18. The minimum absolute atomic E-state index is 0.0721. The SMILES string of the molecule is CCCCC/C=C\C/C=C\CCCCCCCCCCCC(=O)OC(COC(=O)CCCCCCC/C=C\CCCCCC)COC(=O)CCCCCCCCCCCCCCCCCCCCCCCCCCCC. The topological polar surface area (TPSA) is 78.9 Å². The zero-order valence-corrected chi connectivity index (χ0v) is 51.3. The van der Waals surface area contributed by atoms with Gasteiger partial charge in [-0.2, -0.15) is 0 Å². The smallest absolute Gasteiger partial charge is 0.306 e. The first kappa shape index (κ1) is 73.6. The van der Waals surface area contributed by atoms with Crippen molar-refractivity contribution in [2.45, 2.75) is 380 Å². The summed E-state index contributed by atoms with van der Waals surface area (Å²) >= 11 is 0. The highest BCUT2D eigenvalue weighted by Gasteiger charge is 2.19. The highest BCUT2D eigenvalue weighted by atomic mass is 16.6. The van der Waals surface area contributed by atoms with Crippen molar-refractivity contribution in [2.75, 3.05) is 13.2 Å². The van der Waals surface area contributed by atoms with Crippen LogP contribution in [0, 0.1) is 0 Å². The number of carbonyl (C=O) groups excluding carboxylic acids is 3. The number of unbranched alkanes of at least 4 members (excludes halogenated alkanes) is 46. The third-order valence-electron chi connectivity index (χ3n) is 15.4. The van der Waals surface area contributed by atoms with Crippen LogP contribution in [0.5, 0.6) is 0 Å². The van der Waals surface area contributed by atoms with E-state index in [-0.39, 0.29) is 31.1 Å². The number of ether oxygens (including phenoxy) is 3. The second-order valence-corrected chi connectivity index (χ2v) is 23.1. The van der Waals surface area contributed by atoms with E-state index >= 15 is 0 Å². The fourth-order valence-electron chi connectivity index (χ4n) is 10.2. The summed E-state index contributed by atoms with van der Waals surface area (Å²) in [5.74, 6) is -0.861. The maximum Gasteiger partial charge on any atom is 0.306 e. The lowest BCUT2D eigenvalue weighted by molar-refractivity contribution is -0.167. The van der Waals surface area contributed by atoms with E-state index in [9.17, 15) is 14.4 Å². The fourth-order valence-corrected chi connectivity index (χ4v) is 10.2. The molecule has 0 saturated carbocycles. The first-order valence-electron chi connectivity index (χ1n) is 34.0. The molecule has 0 spiro atoms. The Kier molecular flexibility index (Phi) is 63.1. The minimum Gasteiger partial charge on any atom is -0.462 e. The maximum atomic E-state index is 12.9. The Hall–Kier alpha value is -2.37. The van der Waals surface area contributed by atoms with Crippen LogP contribution < -0.4 is 0 Å². The molecule has 0 amide bonds. The van der Waals surface area contributed by atoms with Crippen molar-refractivity contribution in [3.05, 3.63) is 36.5 Å². The van der Waals surface area contributed by atoms with E-state index in [4.69, 9.17) is 14.2 Å². The molecule has 0 radical (unpaired) electrons. The van der Waals surface area contributed by atoms with Crippen LogP contribution in [0.15, 0.2) is 36.5 Å². The van der Waals surface area contributed by atoms with E-state index in [0.29, 0.717) is 19.3 Å². The Balaban J connectivity index is 4.22. The van der Waals surface area contributed by atoms with Gasteiger partial charge in [-0.3, -0.25) is 14.4 Å². The van der Waals surface area contributed by atoms with Crippen LogP contribution in [0.25, 0.3) is 0 Å². The van der Waals surface area contributed by atoms with Crippen LogP contribution in [-0.4, -0.2) is 37.2 Å². The number of allylic oxidation sites excluding steroid dienone is 6. The average Bonchev–Trinajstić information content (AvgIpc) is 3.42. The molecule has 446 valence electrons. The molecule has 0 aliphatic rings. The van der Waals surface area contributed by atoms with Crippen molar-refractivity contribution in [1.29, 1.82) is 0 Å². The van der Waals surface area contributed by atoms with Gasteiger partial charge in [-0.1, -0.05) is 314 Å². The summed E-state index contributed by atoms with van der Waals surface area (Å²) in [6.45, 7) is 6.66. The van der Waals surface area contributed by atoms with Crippen molar-refractivity contribution >= 4 is 17.9 Å². The van der Waals surface area contributed by atoms with Crippen LogP contribution in [-0.2, 0) is 28.6 Å². The third kappa shape index (κ3) is 62.5. The molecule has 0 saturated heterocycles. The van der Waals surface area contributed by atoms with Gasteiger partial charge in [0.25, 0.3) is 0 Å². The van der Waals surface area contributed by atoms with Crippen molar-refractivity contribution in [2.24, 2.45) is 0 Å². The Morgan fingerprint density at radius 1 is 0.263 bits per heavy atom. The molecule has 0 aliphatic heterocycles. The lowest BCUT2D eigenvalue weighted by Gasteiger charge is -2.18. The highest BCUT2D eigenvalue weighted by molar-refractivity contribution is 5.71. The summed E-state index contributed by atoms with van der Waals surface area (Å²) in [6, 6.07) is 0. The lowest BCUT2D eigenvalue weighted by atomic mass is 10.0. The Morgan fingerprint density at radius 3 is 0.776 bits per heavy atom. The molecule has 1 atom stereocenters. The van der Waals surface area contributed by atoms with Crippen LogP contribution in [0.3, 0.4) is 0 Å². The van der Waals surface area contributed by atoms with Gasteiger partial charge in [0.05, 0.1) is 0 Å². The molecule has 0 fully saturated rings. The summed E-state index contributed by atoms with van der Waals surface area (Å²) in [4.78, 5) is 38.3. The van der Waals surface area contributed by atoms with E-state index in [1.165, 1.54) is 263 Å². The van der Waals surface area contributed by atoms with Gasteiger partial charge in [0.1, 0.15) is 13.2 Å². The molecule has 76 heavy (non-hydrogen) atoms. The summed E-state index contributed by atoms with van der Waals surface area (Å²) in [7, 11) is 0. The van der Waals surface area contributed by atoms with Crippen molar-refractivity contribution in [1.82, 2.24) is 0 Å². The van der Waals surface area contributed by atoms with Crippen molar-refractivity contribution in [3.63, 3.8) is 0 Å². The maximum absolute atomic E-state index is 12.9. The number of esters is 3. The van der Waals surface area contributed by atoms with Gasteiger partial charge in [-0.15, -0.1) is 0 Å². The normalized spacial score (nSPS) is 12.2. The summed E-state index contributed by atoms with van der Waals surface area (Å²) in [5, 5.41) is 0. The molecule has 1 unspecified atom stereocenters. The van der Waals surface area contributed by atoms with E-state index < -0.39 is 6.10 Å². The Morgan fingerprint density at radius 2 is 0.474 bits per heavy atom. The van der Waals surface area contributed by atoms with Gasteiger partial charge in [0.2, 0.25) is 0 Å². The summed E-state index contributed by atoms with van der Waals surface area (Å²) < 4.78 is 17.0. The predicted molar refractivity (Wildman–Crippen MR) is 330 cm³/mol. The first-order chi connectivity index (χ1) is 37.5. The van der Waals surface area contributed by atoms with Crippen molar-refractivity contribution < 1.29 is 28.6 Å². The van der Waals surface area contributed by atoms with Gasteiger partial charge in [0.15, 0.2) is 6.10 Å². The van der Waals surface area contributed by atoms with Crippen molar-refractivity contribution in [3.8, 4) is 0 Å². The molecular formula is C70H130O6. The predicted octanol–water partition coefficient (Wildman–Crippen LogP) is 23.2. The quantitative estimate of drug-likeness (QED) is 0.0261. The second kappa shape index (κ2) is 65.2. The molecule has 0 aromatic carbocycles. The monoisotopic (exact) mass is 1070 g/mol. The van der Waals surface area contributed by atoms with E-state index in [0.717, 1.165) is 70.6 Å². The Bertz CT molecular complexity index is 1270. The summed E-state index contributed by atoms with van der Waals surface area (Å²) in [5.41, 5.74) is 0. The Labute approximate surface area is 474 Å². The molecule has 0 aromatic heterocycles. The molecule has 0 aromatic rings. The molecule has 0 aliphatic carbocycles. The standard InChI is InChI=1S/C70H130O6/c1-4-7-10-13-16-19-22-25-27-29-31-32-33-34-35-36-37-39-40-42-45-48-51-54-57-60-63-69(72)75-66-67(65-74-68(71)62-59-56-53-50-47-44-24-21-18-15-12-9-6-3)76-70(73)64-61-58-55-52-49-46-43-41-38-30-28-26-23-20-17-14-11-8-5-2/h17,20-21,24,26,28,67H,4-16,18-19,22-23,25,27,29-66H2,1-3H3/b20-17-,24-21-,28-26-. The summed E-state index contributed by atoms with van der Waals surface area (Å²) in [6.07, 6.45) is 80.2. The van der Waals surface area contributed by atoms with Gasteiger partial charge >= 0.3 is 17.9 Å².